The van der Waals surface area contributed by atoms with E-state index in [1.165, 1.54) is 12.1 Å². The van der Waals surface area contributed by atoms with E-state index in [1.807, 2.05) is 0 Å². The highest BCUT2D eigenvalue weighted by molar-refractivity contribution is 5.76. The largest absolute Gasteiger partial charge is 0.504 e. The molecule has 2 aromatic rings. The molecule has 0 atom stereocenters. The summed E-state index contributed by atoms with van der Waals surface area (Å²) in [5.41, 5.74) is 0.790. The van der Waals surface area contributed by atoms with Crippen LogP contribution in [0.1, 0.15) is 40.0 Å². The molecule has 0 spiro atoms. The standard InChI is InChI=1S/C19H20O6/c20-12-14-4-6-18(16(22)10-14)24-8-2-1-3-9-25-19-7-5-15(13-21)11-17(19)23/h4-7,10-13,22-23H,1-3,8-9H2. The van der Waals surface area contributed by atoms with Gasteiger partial charge in [0, 0.05) is 11.1 Å². The average molecular weight is 344 g/mol. The predicted octanol–water partition coefficient (Wildman–Crippen LogP) is 3.35. The average Bonchev–Trinajstić information content (AvgIpc) is 2.62. The van der Waals surface area contributed by atoms with Gasteiger partial charge < -0.3 is 19.7 Å². The highest BCUT2D eigenvalue weighted by atomic mass is 16.5. The molecule has 0 amide bonds. The van der Waals surface area contributed by atoms with Crippen molar-refractivity contribution in [3.8, 4) is 23.0 Å². The number of ether oxygens (including phenoxy) is 2. The number of hydrogen-bond acceptors (Lipinski definition) is 6. The van der Waals surface area contributed by atoms with Gasteiger partial charge in [-0.3, -0.25) is 9.59 Å². The molecule has 0 saturated carbocycles. The van der Waals surface area contributed by atoms with Gasteiger partial charge in [0.2, 0.25) is 0 Å². The van der Waals surface area contributed by atoms with E-state index >= 15 is 0 Å². The predicted molar refractivity (Wildman–Crippen MR) is 91.8 cm³/mol. The topological polar surface area (TPSA) is 93.1 Å². The lowest BCUT2D eigenvalue weighted by atomic mass is 10.2. The normalized spacial score (nSPS) is 10.2. The minimum atomic E-state index is -0.0535. The molecule has 0 aliphatic heterocycles. The van der Waals surface area contributed by atoms with Crippen molar-refractivity contribution >= 4 is 12.6 Å². The van der Waals surface area contributed by atoms with Gasteiger partial charge in [-0.15, -0.1) is 0 Å². The maximum atomic E-state index is 10.6. The van der Waals surface area contributed by atoms with Crippen molar-refractivity contribution in [3.63, 3.8) is 0 Å². The first-order valence-corrected chi connectivity index (χ1v) is 7.96. The molecule has 0 fully saturated rings. The number of benzene rings is 2. The molecular weight excluding hydrogens is 324 g/mol. The maximum absolute atomic E-state index is 10.6. The van der Waals surface area contributed by atoms with E-state index in [1.54, 1.807) is 24.3 Å². The summed E-state index contributed by atoms with van der Waals surface area (Å²) < 4.78 is 10.9. The zero-order valence-electron chi connectivity index (χ0n) is 13.7. The number of aromatic hydroxyl groups is 2. The van der Waals surface area contributed by atoms with Crippen LogP contribution in [-0.4, -0.2) is 36.0 Å². The van der Waals surface area contributed by atoms with E-state index in [0.717, 1.165) is 19.3 Å². The number of aldehydes is 2. The highest BCUT2D eigenvalue weighted by Crippen LogP contribution is 2.27. The Morgan fingerprint density at radius 3 is 1.52 bits per heavy atom. The quantitative estimate of drug-likeness (QED) is 0.507. The van der Waals surface area contributed by atoms with Crippen molar-refractivity contribution < 1.29 is 29.3 Å². The van der Waals surface area contributed by atoms with Crippen molar-refractivity contribution in [3.05, 3.63) is 47.5 Å². The lowest BCUT2D eigenvalue weighted by Gasteiger charge is -2.09. The van der Waals surface area contributed by atoms with Crippen LogP contribution in [-0.2, 0) is 0 Å². The van der Waals surface area contributed by atoms with Crippen LogP contribution in [0.15, 0.2) is 36.4 Å². The van der Waals surface area contributed by atoms with Crippen molar-refractivity contribution in [1.82, 2.24) is 0 Å². The first-order chi connectivity index (χ1) is 12.1. The lowest BCUT2D eigenvalue weighted by molar-refractivity contribution is 0.111. The smallest absolute Gasteiger partial charge is 0.160 e. The van der Waals surface area contributed by atoms with Crippen LogP contribution in [0.2, 0.25) is 0 Å². The van der Waals surface area contributed by atoms with Gasteiger partial charge in [-0.05, 0) is 55.7 Å². The van der Waals surface area contributed by atoms with E-state index in [-0.39, 0.29) is 11.5 Å². The molecule has 0 aliphatic rings. The molecule has 2 N–H and O–H groups in total. The number of rotatable bonds is 10. The van der Waals surface area contributed by atoms with Crippen LogP contribution in [0.25, 0.3) is 0 Å². The molecule has 25 heavy (non-hydrogen) atoms. The van der Waals surface area contributed by atoms with Crippen molar-refractivity contribution in [2.45, 2.75) is 19.3 Å². The summed E-state index contributed by atoms with van der Waals surface area (Å²) >= 11 is 0. The summed E-state index contributed by atoms with van der Waals surface area (Å²) in [6.45, 7) is 0.876. The summed E-state index contributed by atoms with van der Waals surface area (Å²) in [5.74, 6) is 0.591. The number of carbonyl (C=O) groups is 2. The Morgan fingerprint density at radius 1 is 0.720 bits per heavy atom. The maximum Gasteiger partial charge on any atom is 0.160 e. The second kappa shape index (κ2) is 9.32. The minimum absolute atomic E-state index is 0.0535. The third-order valence-electron chi connectivity index (χ3n) is 3.54. The molecule has 0 aromatic heterocycles. The van der Waals surface area contributed by atoms with Gasteiger partial charge in [0.05, 0.1) is 13.2 Å². The van der Waals surface area contributed by atoms with E-state index in [0.29, 0.717) is 48.4 Å². The van der Waals surface area contributed by atoms with Crippen molar-refractivity contribution in [2.75, 3.05) is 13.2 Å². The molecule has 0 saturated heterocycles. The van der Waals surface area contributed by atoms with Crippen LogP contribution in [0, 0.1) is 0 Å². The molecule has 0 aliphatic carbocycles. The van der Waals surface area contributed by atoms with Gasteiger partial charge in [-0.2, -0.15) is 0 Å². The van der Waals surface area contributed by atoms with E-state index in [9.17, 15) is 19.8 Å². The van der Waals surface area contributed by atoms with E-state index in [4.69, 9.17) is 9.47 Å². The van der Waals surface area contributed by atoms with Gasteiger partial charge in [0.1, 0.15) is 12.6 Å². The fraction of sp³-hybridized carbons (Fsp3) is 0.263. The van der Waals surface area contributed by atoms with Crippen molar-refractivity contribution in [2.24, 2.45) is 0 Å². The van der Waals surface area contributed by atoms with Crippen LogP contribution >= 0.6 is 0 Å². The molecule has 0 radical (unpaired) electrons. The van der Waals surface area contributed by atoms with E-state index < -0.39 is 0 Å². The zero-order valence-corrected chi connectivity index (χ0v) is 13.7. The van der Waals surface area contributed by atoms with Gasteiger partial charge in [-0.25, -0.2) is 0 Å². The Balaban J connectivity index is 1.64. The molecule has 6 nitrogen and oxygen atoms in total. The van der Waals surface area contributed by atoms with Gasteiger partial charge in [0.25, 0.3) is 0 Å². The molecule has 2 rings (SSSR count). The van der Waals surface area contributed by atoms with E-state index in [2.05, 4.69) is 0 Å². The number of hydrogen-bond donors (Lipinski definition) is 2. The number of phenols is 2. The lowest BCUT2D eigenvalue weighted by Crippen LogP contribution is -2.01. The third-order valence-corrected chi connectivity index (χ3v) is 3.54. The number of unbranched alkanes of at least 4 members (excludes halogenated alkanes) is 2. The minimum Gasteiger partial charge on any atom is -0.504 e. The third kappa shape index (κ3) is 5.53. The SMILES string of the molecule is O=Cc1ccc(OCCCCCOc2ccc(C=O)cc2O)c(O)c1. The van der Waals surface area contributed by atoms with Crippen LogP contribution < -0.4 is 9.47 Å². The number of phenolic OH excluding ortho intramolecular Hbond substituents is 2. The second-order valence-electron chi connectivity index (χ2n) is 5.45. The summed E-state index contributed by atoms with van der Waals surface area (Å²) in [6.07, 6.45) is 3.71. The number of carbonyl (C=O) groups excluding carboxylic acids is 2. The van der Waals surface area contributed by atoms with Crippen LogP contribution in [0.5, 0.6) is 23.0 Å². The van der Waals surface area contributed by atoms with Gasteiger partial charge in [-0.1, -0.05) is 0 Å². The first-order valence-electron chi connectivity index (χ1n) is 7.96. The second-order valence-corrected chi connectivity index (χ2v) is 5.45. The Morgan fingerprint density at radius 2 is 1.16 bits per heavy atom. The highest BCUT2D eigenvalue weighted by Gasteiger charge is 2.05. The Bertz CT molecular complexity index is 664. The molecule has 2 aromatic carbocycles. The summed E-state index contributed by atoms with van der Waals surface area (Å²) in [4.78, 5) is 21.2. The molecule has 132 valence electrons. The fourth-order valence-electron chi connectivity index (χ4n) is 2.20. The van der Waals surface area contributed by atoms with Gasteiger partial charge >= 0.3 is 0 Å². The summed E-state index contributed by atoms with van der Waals surface area (Å²) in [5, 5.41) is 19.4. The van der Waals surface area contributed by atoms with Crippen LogP contribution in [0.4, 0.5) is 0 Å². The molecule has 0 bridgehead atoms. The van der Waals surface area contributed by atoms with Gasteiger partial charge in [0.15, 0.2) is 23.0 Å². The molecule has 0 heterocycles. The first kappa shape index (κ1) is 18.3. The Labute approximate surface area is 145 Å². The Hall–Kier alpha value is -3.02. The Kier molecular flexibility index (Phi) is 6.83. The molecule has 6 heteroatoms. The summed E-state index contributed by atoms with van der Waals surface area (Å²) in [6, 6.07) is 9.01. The zero-order chi connectivity index (χ0) is 18.1. The molecule has 0 unspecified atom stereocenters. The molecular formula is C19H20O6. The van der Waals surface area contributed by atoms with Crippen molar-refractivity contribution in [1.29, 1.82) is 0 Å². The fourth-order valence-corrected chi connectivity index (χ4v) is 2.20. The van der Waals surface area contributed by atoms with Crippen LogP contribution in [0.3, 0.4) is 0 Å². The summed E-state index contributed by atoms with van der Waals surface area (Å²) in [7, 11) is 0. The monoisotopic (exact) mass is 344 g/mol.